The number of benzene rings is 2. The van der Waals surface area contributed by atoms with Crippen molar-refractivity contribution in [3.05, 3.63) is 48.0 Å². The first-order valence-electron chi connectivity index (χ1n) is 9.55. The Hall–Kier alpha value is -3.04. The molecule has 3 rings (SSSR count). The minimum Gasteiger partial charge on any atom is -0.497 e. The molecule has 9 heteroatoms. The highest BCUT2D eigenvalue weighted by molar-refractivity contribution is 7.99. The highest BCUT2D eigenvalue weighted by atomic mass is 32.2. The highest BCUT2D eigenvalue weighted by Crippen LogP contribution is 2.29. The molecule has 8 nitrogen and oxygen atoms in total. The third kappa shape index (κ3) is 5.36. The van der Waals surface area contributed by atoms with Crippen LogP contribution in [0, 0.1) is 0 Å². The lowest BCUT2D eigenvalue weighted by atomic mass is 10.1. The van der Waals surface area contributed by atoms with E-state index in [-0.39, 0.29) is 11.5 Å². The van der Waals surface area contributed by atoms with Gasteiger partial charge in [0, 0.05) is 12.7 Å². The summed E-state index contributed by atoms with van der Waals surface area (Å²) in [6, 6.07) is 12.7. The Labute approximate surface area is 185 Å². The first kappa shape index (κ1) is 22.6. The minimum absolute atomic E-state index is 0.0898. The molecule has 0 saturated heterocycles. The molecular formula is C22H25N3O5S. The average Bonchev–Trinajstić information content (AvgIpc) is 3.23. The third-order valence-electron chi connectivity index (χ3n) is 4.62. The number of nitrogens with zero attached hydrogens (tertiary/aromatic N) is 3. The lowest BCUT2D eigenvalue weighted by molar-refractivity contribution is 0.101. The van der Waals surface area contributed by atoms with E-state index < -0.39 is 0 Å². The van der Waals surface area contributed by atoms with Crippen LogP contribution in [0.2, 0.25) is 0 Å². The van der Waals surface area contributed by atoms with Gasteiger partial charge < -0.3 is 18.9 Å². The van der Waals surface area contributed by atoms with Crippen molar-refractivity contribution >= 4 is 17.5 Å². The fourth-order valence-corrected chi connectivity index (χ4v) is 3.82. The summed E-state index contributed by atoms with van der Waals surface area (Å²) in [6.45, 7) is 1.05. The van der Waals surface area contributed by atoms with Crippen molar-refractivity contribution in [3.8, 4) is 28.6 Å². The first-order chi connectivity index (χ1) is 15.1. The summed E-state index contributed by atoms with van der Waals surface area (Å²) in [5.41, 5.74) is 1.37. The van der Waals surface area contributed by atoms with Crippen LogP contribution in [0.25, 0.3) is 11.4 Å². The van der Waals surface area contributed by atoms with E-state index in [1.807, 2.05) is 28.8 Å². The van der Waals surface area contributed by atoms with E-state index in [0.29, 0.717) is 41.2 Å². The van der Waals surface area contributed by atoms with Crippen molar-refractivity contribution in [2.75, 3.05) is 40.8 Å². The smallest absolute Gasteiger partial charge is 0.192 e. The Bertz CT molecular complexity index is 1020. The number of ether oxygens (including phenoxy) is 4. The van der Waals surface area contributed by atoms with Crippen molar-refractivity contribution < 1.29 is 23.7 Å². The summed E-state index contributed by atoms with van der Waals surface area (Å²) < 4.78 is 23.0. The molecule has 3 aromatic rings. The number of rotatable bonds is 11. The van der Waals surface area contributed by atoms with E-state index >= 15 is 0 Å². The second-order valence-corrected chi connectivity index (χ2v) is 7.40. The fraction of sp³-hybridized carbons (Fsp3) is 0.318. The zero-order valence-corrected chi connectivity index (χ0v) is 18.8. The van der Waals surface area contributed by atoms with E-state index in [1.54, 1.807) is 39.5 Å². The van der Waals surface area contributed by atoms with Gasteiger partial charge in [0.15, 0.2) is 16.8 Å². The predicted octanol–water partition coefficient (Wildman–Crippen LogP) is 3.59. The summed E-state index contributed by atoms with van der Waals surface area (Å²) in [4.78, 5) is 12.9. The third-order valence-corrected chi connectivity index (χ3v) is 5.59. The highest BCUT2D eigenvalue weighted by Gasteiger charge is 2.18. The molecular weight excluding hydrogens is 418 g/mol. The van der Waals surface area contributed by atoms with E-state index in [1.165, 1.54) is 18.9 Å². The number of Topliss-reactive ketones (excluding diaryl/α,β-unsaturated/α-hetero) is 1. The van der Waals surface area contributed by atoms with Gasteiger partial charge in [-0.25, -0.2) is 0 Å². The van der Waals surface area contributed by atoms with E-state index in [2.05, 4.69) is 10.2 Å². The molecule has 0 atom stereocenters. The summed E-state index contributed by atoms with van der Waals surface area (Å²) >= 11 is 1.32. The molecule has 2 aromatic carbocycles. The van der Waals surface area contributed by atoms with E-state index in [4.69, 9.17) is 18.9 Å². The lowest BCUT2D eigenvalue weighted by Crippen LogP contribution is -2.10. The van der Waals surface area contributed by atoms with Gasteiger partial charge in [-0.3, -0.25) is 9.36 Å². The van der Waals surface area contributed by atoms with Crippen molar-refractivity contribution in [1.82, 2.24) is 14.8 Å². The Morgan fingerprint density at radius 2 is 1.65 bits per heavy atom. The van der Waals surface area contributed by atoms with Crippen LogP contribution < -0.4 is 14.2 Å². The van der Waals surface area contributed by atoms with Gasteiger partial charge in [0.05, 0.1) is 45.8 Å². The monoisotopic (exact) mass is 443 g/mol. The Morgan fingerprint density at radius 1 is 0.935 bits per heavy atom. The molecule has 0 aliphatic heterocycles. The van der Waals surface area contributed by atoms with Crippen LogP contribution in [0.1, 0.15) is 10.4 Å². The average molecular weight is 444 g/mol. The molecule has 0 saturated carbocycles. The second kappa shape index (κ2) is 10.8. The van der Waals surface area contributed by atoms with Crippen LogP contribution >= 0.6 is 11.8 Å². The zero-order valence-electron chi connectivity index (χ0n) is 18.0. The van der Waals surface area contributed by atoms with Crippen LogP contribution in [0.5, 0.6) is 17.2 Å². The van der Waals surface area contributed by atoms with E-state index in [9.17, 15) is 4.79 Å². The molecule has 0 N–H and O–H groups in total. The van der Waals surface area contributed by atoms with Gasteiger partial charge in [-0.05, 0) is 42.5 Å². The number of ketones is 1. The molecule has 1 heterocycles. The number of thioether (sulfide) groups is 1. The maximum atomic E-state index is 12.9. The van der Waals surface area contributed by atoms with Gasteiger partial charge >= 0.3 is 0 Å². The molecule has 1 aromatic heterocycles. The van der Waals surface area contributed by atoms with Crippen molar-refractivity contribution in [2.24, 2.45) is 0 Å². The Morgan fingerprint density at radius 3 is 2.29 bits per heavy atom. The first-order valence-corrected chi connectivity index (χ1v) is 10.5. The van der Waals surface area contributed by atoms with Gasteiger partial charge in [-0.2, -0.15) is 0 Å². The SMILES string of the molecule is COCCn1c(SCC(=O)c2cc(OC)ccc2OC)nnc1-c1ccc(OC)cc1. The molecule has 0 fully saturated rings. The normalized spacial score (nSPS) is 10.7. The molecule has 31 heavy (non-hydrogen) atoms. The maximum absolute atomic E-state index is 12.9. The number of carbonyl (C=O) groups excluding carboxylic acids is 1. The standard InChI is InChI=1S/C22H25N3O5S/c1-27-12-11-25-21(15-5-7-16(28-2)8-6-15)23-24-22(25)31-14-19(26)18-13-17(29-3)9-10-20(18)30-4/h5-10,13H,11-12,14H2,1-4H3. The fourth-order valence-electron chi connectivity index (χ4n) is 2.97. The van der Waals surface area contributed by atoms with Crippen LogP contribution in [0.3, 0.4) is 0 Å². The molecule has 0 aliphatic rings. The summed E-state index contributed by atoms with van der Waals surface area (Å²) in [5.74, 6) is 2.66. The summed E-state index contributed by atoms with van der Waals surface area (Å²) in [6.07, 6.45) is 0. The van der Waals surface area contributed by atoms with Crippen molar-refractivity contribution in [1.29, 1.82) is 0 Å². The number of methoxy groups -OCH3 is 4. The summed E-state index contributed by atoms with van der Waals surface area (Å²) in [7, 11) is 6.36. The minimum atomic E-state index is -0.0898. The lowest BCUT2D eigenvalue weighted by Gasteiger charge is -2.11. The van der Waals surface area contributed by atoms with Crippen LogP contribution in [-0.2, 0) is 11.3 Å². The van der Waals surface area contributed by atoms with E-state index in [0.717, 1.165) is 11.3 Å². The van der Waals surface area contributed by atoms with Gasteiger partial charge in [-0.1, -0.05) is 11.8 Å². The molecule has 0 bridgehead atoms. The zero-order chi connectivity index (χ0) is 22.2. The second-order valence-electron chi connectivity index (χ2n) is 6.46. The van der Waals surface area contributed by atoms with Gasteiger partial charge in [0.1, 0.15) is 17.2 Å². The summed E-state index contributed by atoms with van der Waals surface area (Å²) in [5, 5.41) is 9.29. The Balaban J connectivity index is 1.82. The largest absolute Gasteiger partial charge is 0.497 e. The number of aromatic nitrogens is 3. The molecule has 0 aliphatic carbocycles. The van der Waals surface area contributed by atoms with Crippen molar-refractivity contribution in [3.63, 3.8) is 0 Å². The molecule has 0 radical (unpaired) electrons. The molecule has 164 valence electrons. The number of hydrogen-bond donors (Lipinski definition) is 0. The van der Waals surface area contributed by atoms with Gasteiger partial charge in [0.25, 0.3) is 0 Å². The van der Waals surface area contributed by atoms with Crippen LogP contribution in [-0.4, -0.2) is 61.3 Å². The van der Waals surface area contributed by atoms with Crippen LogP contribution in [0.4, 0.5) is 0 Å². The topological polar surface area (TPSA) is 84.7 Å². The molecule has 0 unspecified atom stereocenters. The van der Waals surface area contributed by atoms with Gasteiger partial charge in [0.2, 0.25) is 0 Å². The molecule has 0 amide bonds. The van der Waals surface area contributed by atoms with Gasteiger partial charge in [-0.15, -0.1) is 10.2 Å². The predicted molar refractivity (Wildman–Crippen MR) is 118 cm³/mol. The molecule has 0 spiro atoms. The quantitative estimate of drug-likeness (QED) is 0.328. The van der Waals surface area contributed by atoms with Crippen LogP contribution in [0.15, 0.2) is 47.6 Å². The Kier molecular flexibility index (Phi) is 7.91. The number of hydrogen-bond acceptors (Lipinski definition) is 8. The number of carbonyl (C=O) groups is 1. The maximum Gasteiger partial charge on any atom is 0.192 e. The van der Waals surface area contributed by atoms with Crippen molar-refractivity contribution in [2.45, 2.75) is 11.7 Å².